The first-order valence-electron chi connectivity index (χ1n) is 6.67. The van der Waals surface area contributed by atoms with Crippen molar-refractivity contribution >= 4 is 22.3 Å². The molecular formula is C15H19N3O. The second-order valence-electron chi connectivity index (χ2n) is 5.45. The predicted molar refractivity (Wildman–Crippen MR) is 78.2 cm³/mol. The molecule has 1 aromatic heterocycles. The molecule has 1 aliphatic heterocycles. The van der Waals surface area contributed by atoms with Gasteiger partial charge in [0.1, 0.15) is 0 Å². The fraction of sp³-hybridized carbons (Fsp3) is 0.400. The Labute approximate surface area is 113 Å². The SMILES string of the molecule is CC1(Nc2c(N)cnc3ccccc23)CCCOC1. The summed E-state index contributed by atoms with van der Waals surface area (Å²) < 4.78 is 5.59. The van der Waals surface area contributed by atoms with E-state index >= 15 is 0 Å². The van der Waals surface area contributed by atoms with Crippen molar-refractivity contribution in [2.45, 2.75) is 25.3 Å². The summed E-state index contributed by atoms with van der Waals surface area (Å²) in [7, 11) is 0. The maximum Gasteiger partial charge on any atom is 0.0743 e. The molecule has 2 heterocycles. The summed E-state index contributed by atoms with van der Waals surface area (Å²) in [5.74, 6) is 0. The first-order chi connectivity index (χ1) is 9.18. The standard InChI is InChI=1S/C15H19N3O/c1-15(7-4-8-19-10-15)18-14-11-5-2-3-6-13(11)17-9-12(14)16/h2-3,5-6,9H,4,7-8,10,16H2,1H3,(H,17,18). The van der Waals surface area contributed by atoms with Crippen molar-refractivity contribution < 1.29 is 4.74 Å². The van der Waals surface area contributed by atoms with Crippen molar-refractivity contribution in [1.29, 1.82) is 0 Å². The number of hydrogen-bond acceptors (Lipinski definition) is 4. The van der Waals surface area contributed by atoms with E-state index in [2.05, 4.69) is 17.2 Å². The van der Waals surface area contributed by atoms with Crippen molar-refractivity contribution in [3.8, 4) is 0 Å². The summed E-state index contributed by atoms with van der Waals surface area (Å²) in [5, 5.41) is 4.64. The summed E-state index contributed by atoms with van der Waals surface area (Å²) >= 11 is 0. The Hall–Kier alpha value is -1.81. The zero-order valence-corrected chi connectivity index (χ0v) is 11.1. The van der Waals surface area contributed by atoms with Gasteiger partial charge in [-0.2, -0.15) is 0 Å². The molecule has 4 heteroatoms. The molecule has 3 N–H and O–H groups in total. The molecule has 1 fully saturated rings. The highest BCUT2D eigenvalue weighted by Crippen LogP contribution is 2.32. The highest BCUT2D eigenvalue weighted by molar-refractivity contribution is 5.97. The molecule has 0 spiro atoms. The van der Waals surface area contributed by atoms with Crippen LogP contribution in [0, 0.1) is 0 Å². The molecule has 0 bridgehead atoms. The third-order valence-corrected chi connectivity index (χ3v) is 3.67. The van der Waals surface area contributed by atoms with Crippen molar-refractivity contribution in [1.82, 2.24) is 4.98 Å². The van der Waals surface area contributed by atoms with E-state index in [1.165, 1.54) is 0 Å². The zero-order valence-electron chi connectivity index (χ0n) is 11.1. The van der Waals surface area contributed by atoms with Gasteiger partial charge in [-0.1, -0.05) is 18.2 Å². The van der Waals surface area contributed by atoms with E-state index in [4.69, 9.17) is 10.5 Å². The Morgan fingerprint density at radius 3 is 3.00 bits per heavy atom. The third-order valence-electron chi connectivity index (χ3n) is 3.67. The van der Waals surface area contributed by atoms with Crippen LogP contribution in [-0.4, -0.2) is 23.7 Å². The average Bonchev–Trinajstić information content (AvgIpc) is 2.43. The molecule has 2 aromatic rings. The third kappa shape index (κ3) is 2.36. The van der Waals surface area contributed by atoms with Gasteiger partial charge < -0.3 is 15.8 Å². The fourth-order valence-corrected chi connectivity index (χ4v) is 2.63. The van der Waals surface area contributed by atoms with Gasteiger partial charge in [-0.05, 0) is 25.8 Å². The first-order valence-corrected chi connectivity index (χ1v) is 6.67. The molecule has 1 atom stereocenters. The molecule has 1 aromatic carbocycles. The summed E-state index contributed by atoms with van der Waals surface area (Å²) in [5.41, 5.74) is 8.65. The number of nitrogens with two attached hydrogens (primary N) is 1. The normalized spacial score (nSPS) is 23.4. The van der Waals surface area contributed by atoms with Crippen LogP contribution in [0.3, 0.4) is 0 Å². The number of benzene rings is 1. The van der Waals surface area contributed by atoms with E-state index in [1.54, 1.807) is 6.20 Å². The highest BCUT2D eigenvalue weighted by Gasteiger charge is 2.28. The largest absolute Gasteiger partial charge is 0.396 e. The van der Waals surface area contributed by atoms with Crippen molar-refractivity contribution in [3.05, 3.63) is 30.5 Å². The van der Waals surface area contributed by atoms with Crippen LogP contribution in [0.25, 0.3) is 10.9 Å². The Balaban J connectivity index is 2.02. The van der Waals surface area contributed by atoms with Gasteiger partial charge in [0, 0.05) is 12.0 Å². The summed E-state index contributed by atoms with van der Waals surface area (Å²) in [4.78, 5) is 4.36. The van der Waals surface area contributed by atoms with Crippen molar-refractivity contribution in [3.63, 3.8) is 0 Å². The van der Waals surface area contributed by atoms with E-state index < -0.39 is 0 Å². The van der Waals surface area contributed by atoms with Crippen molar-refractivity contribution in [2.24, 2.45) is 0 Å². The number of pyridine rings is 1. The zero-order chi connectivity index (χ0) is 13.3. The molecule has 1 aliphatic rings. The average molecular weight is 257 g/mol. The summed E-state index contributed by atoms with van der Waals surface area (Å²) in [6.07, 6.45) is 3.88. The van der Waals surface area contributed by atoms with E-state index in [9.17, 15) is 0 Å². The van der Waals surface area contributed by atoms with Crippen LogP contribution in [0.1, 0.15) is 19.8 Å². The Kier molecular flexibility index (Phi) is 3.03. The lowest BCUT2D eigenvalue weighted by Gasteiger charge is -2.36. The van der Waals surface area contributed by atoms with E-state index in [0.29, 0.717) is 12.3 Å². The fourth-order valence-electron chi connectivity index (χ4n) is 2.63. The number of para-hydroxylation sites is 1. The number of nitrogens with one attached hydrogen (secondary N) is 1. The Morgan fingerprint density at radius 2 is 2.21 bits per heavy atom. The van der Waals surface area contributed by atoms with E-state index in [1.807, 2.05) is 24.3 Å². The van der Waals surface area contributed by atoms with Gasteiger partial charge in [-0.15, -0.1) is 0 Å². The molecule has 0 radical (unpaired) electrons. The molecule has 100 valence electrons. The number of anilines is 2. The van der Waals surface area contributed by atoms with E-state index in [0.717, 1.165) is 36.0 Å². The quantitative estimate of drug-likeness (QED) is 0.868. The molecule has 3 rings (SSSR count). The van der Waals surface area contributed by atoms with Crippen LogP contribution in [0.2, 0.25) is 0 Å². The number of fused-ring (bicyclic) bond motifs is 1. The van der Waals surface area contributed by atoms with Crippen LogP contribution in [-0.2, 0) is 4.74 Å². The Bertz CT molecular complexity index is 591. The van der Waals surface area contributed by atoms with Crippen LogP contribution >= 0.6 is 0 Å². The van der Waals surface area contributed by atoms with Gasteiger partial charge in [0.15, 0.2) is 0 Å². The van der Waals surface area contributed by atoms with Gasteiger partial charge in [0.2, 0.25) is 0 Å². The van der Waals surface area contributed by atoms with Gasteiger partial charge in [-0.25, -0.2) is 0 Å². The number of hydrogen-bond donors (Lipinski definition) is 2. The van der Waals surface area contributed by atoms with Gasteiger partial charge in [0.25, 0.3) is 0 Å². The predicted octanol–water partition coefficient (Wildman–Crippen LogP) is 2.80. The molecule has 1 unspecified atom stereocenters. The van der Waals surface area contributed by atoms with E-state index in [-0.39, 0.29) is 5.54 Å². The summed E-state index contributed by atoms with van der Waals surface area (Å²) in [6, 6.07) is 8.04. The molecule has 1 saturated heterocycles. The second-order valence-corrected chi connectivity index (χ2v) is 5.45. The number of nitrogen functional groups attached to an aromatic ring is 1. The number of aromatic nitrogens is 1. The molecule has 0 aliphatic carbocycles. The van der Waals surface area contributed by atoms with Crippen LogP contribution in [0.5, 0.6) is 0 Å². The topological polar surface area (TPSA) is 60.2 Å². The lowest BCUT2D eigenvalue weighted by atomic mass is 9.94. The van der Waals surface area contributed by atoms with Crippen LogP contribution < -0.4 is 11.1 Å². The van der Waals surface area contributed by atoms with Gasteiger partial charge >= 0.3 is 0 Å². The second kappa shape index (κ2) is 4.70. The Morgan fingerprint density at radius 1 is 1.37 bits per heavy atom. The van der Waals surface area contributed by atoms with Crippen LogP contribution in [0.4, 0.5) is 11.4 Å². The molecule has 4 nitrogen and oxygen atoms in total. The number of nitrogens with zero attached hydrogens (tertiary/aromatic N) is 1. The lowest BCUT2D eigenvalue weighted by molar-refractivity contribution is 0.0541. The smallest absolute Gasteiger partial charge is 0.0743 e. The minimum atomic E-state index is -0.0590. The molecule has 0 amide bonds. The number of ether oxygens (including phenoxy) is 1. The first kappa shape index (κ1) is 12.2. The molecule has 19 heavy (non-hydrogen) atoms. The summed E-state index contributed by atoms with van der Waals surface area (Å²) in [6.45, 7) is 3.74. The minimum Gasteiger partial charge on any atom is -0.396 e. The maximum atomic E-state index is 6.10. The highest BCUT2D eigenvalue weighted by atomic mass is 16.5. The van der Waals surface area contributed by atoms with Crippen LogP contribution in [0.15, 0.2) is 30.5 Å². The van der Waals surface area contributed by atoms with Gasteiger partial charge in [0.05, 0.1) is 35.2 Å². The number of rotatable bonds is 2. The minimum absolute atomic E-state index is 0.0590. The maximum absolute atomic E-state index is 6.10. The van der Waals surface area contributed by atoms with Crippen molar-refractivity contribution in [2.75, 3.05) is 24.3 Å². The lowest BCUT2D eigenvalue weighted by Crippen LogP contribution is -2.43. The molecule has 0 saturated carbocycles. The molecular weight excluding hydrogens is 238 g/mol. The monoisotopic (exact) mass is 257 g/mol. The van der Waals surface area contributed by atoms with Gasteiger partial charge in [-0.3, -0.25) is 4.98 Å².